The van der Waals surface area contributed by atoms with Crippen molar-refractivity contribution in [1.82, 2.24) is 18.9 Å². The minimum atomic E-state index is -0.503. The predicted molar refractivity (Wildman–Crippen MR) is 154 cm³/mol. The number of halogens is 1. The topological polar surface area (TPSA) is 72.1 Å². The van der Waals surface area contributed by atoms with Crippen LogP contribution in [0.1, 0.15) is 58.9 Å². The van der Waals surface area contributed by atoms with Crippen molar-refractivity contribution in [2.45, 2.75) is 64.5 Å². The number of carbonyl (C=O) groups excluding carboxylic acids is 1. The van der Waals surface area contributed by atoms with Crippen LogP contribution in [0.4, 0.5) is 10.5 Å². The van der Waals surface area contributed by atoms with E-state index in [-0.39, 0.29) is 11.7 Å². The molecular weight excluding hydrogens is 546 g/mol. The number of benzene rings is 2. The Bertz CT molecular complexity index is 1600. The highest BCUT2D eigenvalue weighted by Gasteiger charge is 2.27. The minimum Gasteiger partial charge on any atom is -0.444 e. The number of aromatic nitrogens is 3. The van der Waals surface area contributed by atoms with Gasteiger partial charge in [-0.1, -0.05) is 18.9 Å². The predicted octanol–water partition coefficient (Wildman–Crippen LogP) is 6.13. The van der Waals surface area contributed by atoms with Crippen LogP contribution < -0.4 is 10.5 Å². The normalized spacial score (nSPS) is 17.6. The maximum Gasteiger partial charge on any atom is 0.410 e. The molecule has 3 heterocycles. The molecule has 1 amide bonds. The molecule has 0 unspecified atom stereocenters. The van der Waals surface area contributed by atoms with Crippen molar-refractivity contribution in [2.75, 3.05) is 31.1 Å². The maximum absolute atomic E-state index is 13.2. The van der Waals surface area contributed by atoms with Crippen LogP contribution in [0.2, 0.25) is 0 Å². The zero-order chi connectivity index (χ0) is 26.6. The van der Waals surface area contributed by atoms with Crippen molar-refractivity contribution in [3.8, 4) is 0 Å². The number of anilines is 1. The van der Waals surface area contributed by atoms with Gasteiger partial charge in [-0.15, -0.1) is 0 Å². The first kappa shape index (κ1) is 25.2. The van der Waals surface area contributed by atoms with Gasteiger partial charge in [0.25, 0.3) is 5.56 Å². The van der Waals surface area contributed by atoms with Crippen molar-refractivity contribution in [2.24, 2.45) is 0 Å². The lowest BCUT2D eigenvalue weighted by atomic mass is 10.2. The largest absolute Gasteiger partial charge is 0.444 e. The molecule has 1 saturated carbocycles. The number of carbonyl (C=O) groups is 1. The lowest BCUT2D eigenvalue weighted by Crippen LogP contribution is -2.39. The van der Waals surface area contributed by atoms with Crippen LogP contribution in [0.3, 0.4) is 0 Å². The van der Waals surface area contributed by atoms with E-state index in [1.807, 2.05) is 43.9 Å². The van der Waals surface area contributed by atoms with E-state index < -0.39 is 5.60 Å². The summed E-state index contributed by atoms with van der Waals surface area (Å²) in [7, 11) is 0. The van der Waals surface area contributed by atoms with Gasteiger partial charge in [-0.05, 0) is 86.3 Å². The molecule has 200 valence electrons. The third kappa shape index (κ3) is 4.44. The number of hydrogen-bond acceptors (Lipinski definition) is 5. The molecule has 4 aromatic rings. The molecule has 8 nitrogen and oxygen atoms in total. The third-order valence-electron chi connectivity index (χ3n) is 7.73. The maximum atomic E-state index is 13.2. The average molecular weight is 581 g/mol. The molecule has 2 aromatic heterocycles. The Hall–Kier alpha value is -3.07. The monoisotopic (exact) mass is 579 g/mol. The molecule has 0 N–H and O–H groups in total. The van der Waals surface area contributed by atoms with E-state index in [0.717, 1.165) is 59.1 Å². The first-order chi connectivity index (χ1) is 18.2. The highest BCUT2D eigenvalue weighted by Crippen LogP contribution is 2.37. The zero-order valence-corrected chi connectivity index (χ0v) is 23.8. The van der Waals surface area contributed by atoms with Gasteiger partial charge in [-0.2, -0.15) is 4.98 Å². The SMILES string of the molecule is CC(C)(C)OC(=O)N1CCCN(c2ccc3c(c2)n(C2CCCC2)c2nc(=O)c4c(Br)cccc4n32)CC1. The van der Waals surface area contributed by atoms with E-state index in [0.29, 0.717) is 30.3 Å². The molecule has 2 fully saturated rings. The first-order valence-electron chi connectivity index (χ1n) is 13.6. The Morgan fingerprint density at radius 2 is 1.76 bits per heavy atom. The highest BCUT2D eigenvalue weighted by molar-refractivity contribution is 9.10. The van der Waals surface area contributed by atoms with Gasteiger partial charge >= 0.3 is 6.09 Å². The number of amides is 1. The molecule has 1 saturated heterocycles. The van der Waals surface area contributed by atoms with Crippen LogP contribution in [0.25, 0.3) is 27.7 Å². The third-order valence-corrected chi connectivity index (χ3v) is 8.39. The lowest BCUT2D eigenvalue weighted by Gasteiger charge is -2.27. The van der Waals surface area contributed by atoms with Crippen molar-refractivity contribution in [3.05, 3.63) is 51.2 Å². The van der Waals surface area contributed by atoms with E-state index in [2.05, 4.69) is 53.0 Å². The standard InChI is InChI=1S/C29H34BrN5O3/c1-29(2,3)38-28(37)33-15-7-14-32(16-17-33)20-12-13-22-24(18-20)34(19-8-4-5-9-19)27-31-26(36)25-21(30)10-6-11-23(25)35(22)27/h6,10-13,18-19H,4-5,7-9,14-17H2,1-3H3. The Morgan fingerprint density at radius 3 is 2.53 bits per heavy atom. The molecule has 0 spiro atoms. The Balaban J connectivity index is 1.44. The number of imidazole rings is 1. The molecule has 6 rings (SSSR count). The minimum absolute atomic E-state index is 0.204. The Labute approximate surface area is 230 Å². The van der Waals surface area contributed by atoms with Crippen molar-refractivity contribution >= 4 is 55.4 Å². The van der Waals surface area contributed by atoms with E-state index in [9.17, 15) is 9.59 Å². The second-order valence-electron chi connectivity index (χ2n) is 11.5. The number of rotatable bonds is 2. The van der Waals surface area contributed by atoms with Crippen LogP contribution in [0.15, 0.2) is 45.7 Å². The van der Waals surface area contributed by atoms with Gasteiger partial charge < -0.3 is 19.1 Å². The summed E-state index contributed by atoms with van der Waals surface area (Å²) in [5.41, 5.74) is 3.44. The van der Waals surface area contributed by atoms with Crippen LogP contribution in [0.5, 0.6) is 0 Å². The van der Waals surface area contributed by atoms with Gasteiger partial charge in [0.15, 0.2) is 0 Å². The van der Waals surface area contributed by atoms with Gasteiger partial charge in [-0.25, -0.2) is 4.79 Å². The fourth-order valence-electron chi connectivity index (χ4n) is 6.02. The van der Waals surface area contributed by atoms with Crippen LogP contribution in [-0.2, 0) is 4.74 Å². The average Bonchev–Trinajstić information content (AvgIpc) is 3.40. The molecule has 0 radical (unpaired) electrons. The quantitative estimate of drug-likeness (QED) is 0.286. The highest BCUT2D eigenvalue weighted by atomic mass is 79.9. The number of nitrogens with zero attached hydrogens (tertiary/aromatic N) is 5. The van der Waals surface area contributed by atoms with Gasteiger partial charge in [0.1, 0.15) is 5.60 Å². The molecule has 1 aliphatic carbocycles. The van der Waals surface area contributed by atoms with Crippen LogP contribution in [0, 0.1) is 0 Å². The van der Waals surface area contributed by atoms with E-state index in [1.165, 1.54) is 12.8 Å². The van der Waals surface area contributed by atoms with Crippen molar-refractivity contribution in [1.29, 1.82) is 0 Å². The second-order valence-corrected chi connectivity index (χ2v) is 12.3. The summed E-state index contributed by atoms with van der Waals surface area (Å²) in [4.78, 5) is 34.6. The molecule has 0 atom stereocenters. The summed E-state index contributed by atoms with van der Waals surface area (Å²) in [5.74, 6) is 0.714. The summed E-state index contributed by atoms with van der Waals surface area (Å²) in [5, 5.41) is 0.606. The van der Waals surface area contributed by atoms with Gasteiger partial charge in [-0.3, -0.25) is 9.20 Å². The van der Waals surface area contributed by atoms with Crippen LogP contribution in [-0.4, -0.2) is 56.7 Å². The van der Waals surface area contributed by atoms with E-state index in [1.54, 1.807) is 0 Å². The summed E-state index contributed by atoms with van der Waals surface area (Å²) >= 11 is 3.57. The summed E-state index contributed by atoms with van der Waals surface area (Å²) < 4.78 is 10.8. The Morgan fingerprint density at radius 1 is 0.974 bits per heavy atom. The lowest BCUT2D eigenvalue weighted by molar-refractivity contribution is 0.0263. The molecular formula is C29H34BrN5O3. The second kappa shape index (κ2) is 9.59. The summed E-state index contributed by atoms with van der Waals surface area (Å²) in [6.07, 6.45) is 5.18. The molecule has 38 heavy (non-hydrogen) atoms. The van der Waals surface area contributed by atoms with E-state index >= 15 is 0 Å². The molecule has 1 aliphatic heterocycles. The van der Waals surface area contributed by atoms with Crippen molar-refractivity contribution < 1.29 is 9.53 Å². The molecule has 9 heteroatoms. The van der Waals surface area contributed by atoms with Crippen molar-refractivity contribution in [3.63, 3.8) is 0 Å². The summed E-state index contributed by atoms with van der Waals surface area (Å²) in [6, 6.07) is 12.8. The van der Waals surface area contributed by atoms with Gasteiger partial charge in [0.05, 0.1) is 21.9 Å². The molecule has 2 aliphatic rings. The zero-order valence-electron chi connectivity index (χ0n) is 22.2. The molecule has 0 bridgehead atoms. The Kier molecular flexibility index (Phi) is 6.37. The van der Waals surface area contributed by atoms with Gasteiger partial charge in [0.2, 0.25) is 5.78 Å². The number of fused-ring (bicyclic) bond motifs is 5. The fourth-order valence-corrected chi connectivity index (χ4v) is 6.55. The smallest absolute Gasteiger partial charge is 0.410 e. The number of ether oxygens (including phenoxy) is 1. The number of hydrogen-bond donors (Lipinski definition) is 0. The fraction of sp³-hybridized carbons (Fsp3) is 0.483. The first-order valence-corrected chi connectivity index (χ1v) is 14.4. The molecule has 2 aromatic carbocycles. The van der Waals surface area contributed by atoms with Gasteiger partial charge in [0, 0.05) is 42.4 Å². The van der Waals surface area contributed by atoms with Crippen LogP contribution >= 0.6 is 15.9 Å². The summed E-state index contributed by atoms with van der Waals surface area (Å²) in [6.45, 7) is 8.60. The van der Waals surface area contributed by atoms with E-state index in [4.69, 9.17) is 4.74 Å².